The molecule has 3 rings (SSSR count). The Labute approximate surface area is 113 Å². The predicted molar refractivity (Wildman–Crippen MR) is 70.2 cm³/mol. The Hall–Kier alpha value is -2.37. The molecule has 0 aliphatic carbocycles. The number of alkyl halides is 3. The number of aromatic hydroxyl groups is 1. The summed E-state index contributed by atoms with van der Waals surface area (Å²) in [5.41, 5.74) is 0.879. The molecule has 6 heteroatoms. The highest BCUT2D eigenvalue weighted by Crippen LogP contribution is 2.42. The van der Waals surface area contributed by atoms with E-state index in [1.54, 1.807) is 23.1 Å². The van der Waals surface area contributed by atoms with Gasteiger partial charge in [-0.25, -0.2) is 0 Å². The molecule has 3 nitrogen and oxygen atoms in total. The first kappa shape index (κ1) is 12.7. The summed E-state index contributed by atoms with van der Waals surface area (Å²) in [6.07, 6.45) is -4.36. The maximum atomic E-state index is 12.7. The third kappa shape index (κ3) is 2.03. The van der Waals surface area contributed by atoms with E-state index < -0.39 is 11.7 Å². The summed E-state index contributed by atoms with van der Waals surface area (Å²) in [5.74, 6) is 0.0852. The lowest BCUT2D eigenvalue weighted by molar-refractivity contribution is -0.137. The molecule has 0 fully saturated rings. The first-order valence-electron chi connectivity index (χ1n) is 5.97. The van der Waals surface area contributed by atoms with Crippen LogP contribution < -0.4 is 10.2 Å². The third-order valence-electron chi connectivity index (χ3n) is 3.21. The number of anilines is 3. The van der Waals surface area contributed by atoms with Crippen molar-refractivity contribution in [2.75, 3.05) is 16.9 Å². The molecule has 2 N–H and O–H groups in total. The van der Waals surface area contributed by atoms with E-state index in [1.807, 2.05) is 0 Å². The van der Waals surface area contributed by atoms with Crippen molar-refractivity contribution in [2.24, 2.45) is 0 Å². The molecule has 1 aliphatic rings. The van der Waals surface area contributed by atoms with Gasteiger partial charge in [0, 0.05) is 0 Å². The summed E-state index contributed by atoms with van der Waals surface area (Å²) in [6.45, 7) is 0.314. The van der Waals surface area contributed by atoms with E-state index in [1.165, 1.54) is 12.1 Å². The molecule has 20 heavy (non-hydrogen) atoms. The maximum Gasteiger partial charge on any atom is 0.416 e. The number of rotatable bonds is 1. The van der Waals surface area contributed by atoms with Gasteiger partial charge in [-0.15, -0.1) is 0 Å². The zero-order chi connectivity index (χ0) is 14.3. The van der Waals surface area contributed by atoms with Crippen molar-refractivity contribution in [1.29, 1.82) is 0 Å². The molecule has 0 bridgehead atoms. The quantitative estimate of drug-likeness (QED) is 0.830. The van der Waals surface area contributed by atoms with Crippen molar-refractivity contribution in [3.8, 4) is 5.75 Å². The second-order valence-electron chi connectivity index (χ2n) is 4.48. The zero-order valence-electron chi connectivity index (χ0n) is 10.3. The molecular weight excluding hydrogens is 269 g/mol. The molecule has 1 heterocycles. The molecule has 0 atom stereocenters. The lowest BCUT2D eigenvalue weighted by Crippen LogP contribution is -2.16. The van der Waals surface area contributed by atoms with Crippen LogP contribution in [0.2, 0.25) is 0 Å². The molecule has 0 saturated heterocycles. The molecule has 104 valence electrons. The largest absolute Gasteiger partial charge is 0.506 e. The van der Waals surface area contributed by atoms with Crippen LogP contribution in [0.5, 0.6) is 5.75 Å². The van der Waals surface area contributed by atoms with Crippen molar-refractivity contribution < 1.29 is 18.3 Å². The molecule has 0 spiro atoms. The Balaban J connectivity index is 2.02. The first-order chi connectivity index (χ1) is 9.47. The van der Waals surface area contributed by atoms with Crippen molar-refractivity contribution in [3.63, 3.8) is 0 Å². The van der Waals surface area contributed by atoms with Crippen LogP contribution in [0.15, 0.2) is 42.5 Å². The lowest BCUT2D eigenvalue weighted by Gasteiger charge is -2.19. The van der Waals surface area contributed by atoms with Gasteiger partial charge in [-0.05, 0) is 30.3 Å². The zero-order valence-corrected chi connectivity index (χ0v) is 10.3. The second kappa shape index (κ2) is 4.33. The number of hydrogen-bond acceptors (Lipinski definition) is 3. The highest BCUT2D eigenvalue weighted by atomic mass is 19.4. The number of benzene rings is 2. The molecule has 2 aromatic carbocycles. The summed E-state index contributed by atoms with van der Waals surface area (Å²) in [4.78, 5) is 1.73. The standard InChI is InChI=1S/C14H11F3N2O/c15-14(16,17)9-5-6-11-10(7-9)18-8-19(11)12-3-1-2-4-13(12)20/h1-7,18,20H,8H2. The Kier molecular flexibility index (Phi) is 2.74. The summed E-state index contributed by atoms with van der Waals surface area (Å²) in [6, 6.07) is 10.2. The van der Waals surface area contributed by atoms with Gasteiger partial charge in [-0.2, -0.15) is 13.2 Å². The van der Waals surface area contributed by atoms with E-state index in [2.05, 4.69) is 5.32 Å². The van der Waals surface area contributed by atoms with E-state index in [0.717, 1.165) is 12.1 Å². The minimum absolute atomic E-state index is 0.0852. The number of para-hydroxylation sites is 2. The number of nitrogens with one attached hydrogen (secondary N) is 1. The van der Waals surface area contributed by atoms with Gasteiger partial charge in [0.25, 0.3) is 0 Å². The number of fused-ring (bicyclic) bond motifs is 1. The van der Waals surface area contributed by atoms with Crippen LogP contribution in [0.25, 0.3) is 0 Å². The lowest BCUT2D eigenvalue weighted by atomic mass is 10.1. The number of phenols is 1. The minimum atomic E-state index is -4.36. The SMILES string of the molecule is Oc1ccccc1N1CNc2cc(C(F)(F)F)ccc21. The van der Waals surface area contributed by atoms with Gasteiger partial charge in [0.05, 0.1) is 29.3 Å². The fourth-order valence-electron chi connectivity index (χ4n) is 2.25. The third-order valence-corrected chi connectivity index (χ3v) is 3.21. The van der Waals surface area contributed by atoms with E-state index in [0.29, 0.717) is 23.7 Å². The Morgan fingerprint density at radius 1 is 1.05 bits per heavy atom. The normalized spacial score (nSPS) is 14.1. The fourth-order valence-corrected chi connectivity index (χ4v) is 2.25. The molecule has 0 saturated carbocycles. The van der Waals surface area contributed by atoms with Crippen LogP contribution in [-0.2, 0) is 6.18 Å². The Bertz CT molecular complexity index is 655. The fraction of sp³-hybridized carbons (Fsp3) is 0.143. The number of halogens is 3. The molecule has 2 aromatic rings. The maximum absolute atomic E-state index is 12.7. The van der Waals surface area contributed by atoms with Gasteiger partial charge in [-0.1, -0.05) is 12.1 Å². The Morgan fingerprint density at radius 2 is 1.80 bits per heavy atom. The van der Waals surface area contributed by atoms with Gasteiger partial charge >= 0.3 is 6.18 Å². The van der Waals surface area contributed by atoms with Gasteiger partial charge < -0.3 is 15.3 Å². The summed E-state index contributed by atoms with van der Waals surface area (Å²) in [7, 11) is 0. The average molecular weight is 280 g/mol. The summed E-state index contributed by atoms with van der Waals surface area (Å²) in [5, 5.41) is 12.7. The second-order valence-corrected chi connectivity index (χ2v) is 4.48. The Morgan fingerprint density at radius 3 is 2.50 bits per heavy atom. The van der Waals surface area contributed by atoms with Crippen LogP contribution in [0, 0.1) is 0 Å². The number of phenolic OH excluding ortho intramolecular Hbond substituents is 1. The molecule has 0 unspecified atom stereocenters. The molecule has 1 aliphatic heterocycles. The van der Waals surface area contributed by atoms with Gasteiger partial charge in [0.2, 0.25) is 0 Å². The minimum Gasteiger partial charge on any atom is -0.506 e. The van der Waals surface area contributed by atoms with Gasteiger partial charge in [0.1, 0.15) is 5.75 Å². The average Bonchev–Trinajstić information content (AvgIpc) is 2.81. The smallest absolute Gasteiger partial charge is 0.416 e. The predicted octanol–water partition coefficient (Wildman–Crippen LogP) is 3.93. The van der Waals surface area contributed by atoms with E-state index >= 15 is 0 Å². The van der Waals surface area contributed by atoms with Crippen molar-refractivity contribution in [1.82, 2.24) is 0 Å². The number of nitrogens with zero attached hydrogens (tertiary/aromatic N) is 1. The summed E-state index contributed by atoms with van der Waals surface area (Å²) < 4.78 is 38.0. The van der Waals surface area contributed by atoms with Crippen LogP contribution in [0.3, 0.4) is 0 Å². The number of hydrogen-bond donors (Lipinski definition) is 2. The van der Waals surface area contributed by atoms with Crippen molar-refractivity contribution in [2.45, 2.75) is 6.18 Å². The van der Waals surface area contributed by atoms with E-state index in [4.69, 9.17) is 0 Å². The topological polar surface area (TPSA) is 35.5 Å². The van der Waals surface area contributed by atoms with Crippen molar-refractivity contribution in [3.05, 3.63) is 48.0 Å². The van der Waals surface area contributed by atoms with Gasteiger partial charge in [0.15, 0.2) is 0 Å². The summed E-state index contributed by atoms with van der Waals surface area (Å²) >= 11 is 0. The molecule has 0 aromatic heterocycles. The van der Waals surface area contributed by atoms with Crippen LogP contribution in [-0.4, -0.2) is 11.8 Å². The van der Waals surface area contributed by atoms with Gasteiger partial charge in [-0.3, -0.25) is 0 Å². The van der Waals surface area contributed by atoms with E-state index in [9.17, 15) is 18.3 Å². The van der Waals surface area contributed by atoms with Crippen LogP contribution in [0.1, 0.15) is 5.56 Å². The highest BCUT2D eigenvalue weighted by molar-refractivity contribution is 5.83. The molecular formula is C14H11F3N2O. The molecule has 0 radical (unpaired) electrons. The van der Waals surface area contributed by atoms with Crippen LogP contribution >= 0.6 is 0 Å². The van der Waals surface area contributed by atoms with Crippen LogP contribution in [0.4, 0.5) is 30.2 Å². The first-order valence-corrected chi connectivity index (χ1v) is 5.97. The molecule has 0 amide bonds. The highest BCUT2D eigenvalue weighted by Gasteiger charge is 2.32. The monoisotopic (exact) mass is 280 g/mol. The van der Waals surface area contributed by atoms with E-state index in [-0.39, 0.29) is 5.75 Å². The van der Waals surface area contributed by atoms with Crippen molar-refractivity contribution >= 4 is 17.1 Å².